The van der Waals surface area contributed by atoms with Gasteiger partial charge in [0.25, 0.3) is 11.1 Å². The fraction of sp³-hybridized carbons (Fsp3) is 0.235. The molecule has 122 valence electrons. The number of amides is 2. The smallest absolute Gasteiger partial charge is 0.290 e. The maximum Gasteiger partial charge on any atom is 0.290 e. The lowest BCUT2D eigenvalue weighted by Crippen LogP contribution is -2.17. The first-order chi connectivity index (χ1) is 11.3. The predicted molar refractivity (Wildman–Crippen MR) is 96.4 cm³/mol. The van der Waals surface area contributed by atoms with Crippen molar-refractivity contribution >= 4 is 40.3 Å². The molecular formula is C17H15N3O2S2. The molecule has 5 nitrogen and oxygen atoms in total. The molecule has 2 aromatic heterocycles. The van der Waals surface area contributed by atoms with Gasteiger partial charge < -0.3 is 4.57 Å². The molecule has 1 aliphatic heterocycles. The molecule has 3 rings (SSSR count). The first-order valence-electron chi connectivity index (χ1n) is 7.27. The molecule has 1 aliphatic rings. The molecule has 1 N–H and O–H groups in total. The summed E-state index contributed by atoms with van der Waals surface area (Å²) in [7, 11) is 0. The molecule has 0 aliphatic carbocycles. The van der Waals surface area contributed by atoms with Gasteiger partial charge in [-0.25, -0.2) is 0 Å². The Bertz CT molecular complexity index is 958. The minimum Gasteiger partial charge on any atom is -0.308 e. The number of carbonyl (C=O) groups excluding carboxylic acids is 2. The van der Waals surface area contributed by atoms with E-state index in [1.165, 1.54) is 0 Å². The molecule has 1 fully saturated rings. The van der Waals surface area contributed by atoms with Crippen LogP contribution in [0.4, 0.5) is 4.79 Å². The third-order valence-electron chi connectivity index (χ3n) is 4.08. The van der Waals surface area contributed by atoms with Gasteiger partial charge in [-0.2, -0.15) is 5.26 Å². The molecule has 0 saturated carbocycles. The molecule has 0 unspecified atom stereocenters. The van der Waals surface area contributed by atoms with Crippen molar-refractivity contribution < 1.29 is 9.59 Å². The number of nitrogens with one attached hydrogen (secondary N) is 1. The van der Waals surface area contributed by atoms with E-state index in [0.717, 1.165) is 44.2 Å². The number of rotatable bonds is 2. The zero-order valence-corrected chi connectivity index (χ0v) is 15.3. The fourth-order valence-electron chi connectivity index (χ4n) is 2.71. The highest BCUT2D eigenvalue weighted by Crippen LogP contribution is 2.35. The Labute approximate surface area is 148 Å². The van der Waals surface area contributed by atoms with Gasteiger partial charge in [0.05, 0.1) is 10.5 Å². The Balaban J connectivity index is 2.14. The maximum atomic E-state index is 11.7. The lowest BCUT2D eigenvalue weighted by Gasteiger charge is -2.07. The minimum absolute atomic E-state index is 0.351. The van der Waals surface area contributed by atoms with Crippen LogP contribution < -0.4 is 5.32 Å². The Morgan fingerprint density at radius 2 is 1.96 bits per heavy atom. The van der Waals surface area contributed by atoms with Crippen molar-refractivity contribution in [2.45, 2.75) is 27.7 Å². The number of hydrogen-bond donors (Lipinski definition) is 1. The molecule has 0 bridgehead atoms. The lowest BCUT2D eigenvalue weighted by molar-refractivity contribution is -0.115. The molecule has 2 amide bonds. The standard InChI is InChI=1S/C17H15N3O2S2/c1-8-5-12(6-14-15(21)19-17(22)24-14)10(3)20(8)16-13(7-18)9(2)11(4)23-16/h5-6H,1-4H3,(H,19,21,22). The van der Waals surface area contributed by atoms with Crippen molar-refractivity contribution in [2.24, 2.45) is 0 Å². The van der Waals surface area contributed by atoms with E-state index in [-0.39, 0.29) is 11.1 Å². The van der Waals surface area contributed by atoms with E-state index in [1.54, 1.807) is 17.4 Å². The van der Waals surface area contributed by atoms with Crippen LogP contribution in [-0.4, -0.2) is 15.7 Å². The topological polar surface area (TPSA) is 74.9 Å². The van der Waals surface area contributed by atoms with E-state index < -0.39 is 0 Å². The van der Waals surface area contributed by atoms with E-state index in [4.69, 9.17) is 0 Å². The second-order valence-electron chi connectivity index (χ2n) is 5.59. The molecule has 1 saturated heterocycles. The number of nitriles is 1. The summed E-state index contributed by atoms with van der Waals surface area (Å²) in [5.41, 5.74) is 4.47. The van der Waals surface area contributed by atoms with Crippen LogP contribution >= 0.6 is 23.1 Å². The largest absolute Gasteiger partial charge is 0.308 e. The van der Waals surface area contributed by atoms with Gasteiger partial charge in [-0.3, -0.25) is 14.9 Å². The van der Waals surface area contributed by atoms with Crippen molar-refractivity contribution in [2.75, 3.05) is 0 Å². The van der Waals surface area contributed by atoms with Crippen LogP contribution in [0, 0.1) is 39.0 Å². The van der Waals surface area contributed by atoms with Gasteiger partial charge >= 0.3 is 0 Å². The quantitative estimate of drug-likeness (QED) is 0.825. The number of aromatic nitrogens is 1. The normalized spacial score (nSPS) is 15.9. The zero-order chi connectivity index (χ0) is 17.6. The fourth-order valence-corrected chi connectivity index (χ4v) is 4.60. The Morgan fingerprint density at radius 1 is 1.25 bits per heavy atom. The first-order valence-corrected chi connectivity index (χ1v) is 8.91. The summed E-state index contributed by atoms with van der Waals surface area (Å²) in [5, 5.41) is 12.3. The summed E-state index contributed by atoms with van der Waals surface area (Å²) < 4.78 is 2.04. The molecule has 0 spiro atoms. The molecule has 0 radical (unpaired) electrons. The SMILES string of the molecule is Cc1sc(-n2c(C)cc(C=C3SC(=O)NC3=O)c2C)c(C#N)c1C. The summed E-state index contributed by atoms with van der Waals surface area (Å²) in [6, 6.07) is 4.26. The van der Waals surface area contributed by atoms with Crippen LogP contribution in [0.15, 0.2) is 11.0 Å². The minimum atomic E-state index is -0.365. The van der Waals surface area contributed by atoms with Gasteiger partial charge in [0.1, 0.15) is 11.1 Å². The summed E-state index contributed by atoms with van der Waals surface area (Å²) >= 11 is 2.49. The lowest BCUT2D eigenvalue weighted by atomic mass is 10.2. The van der Waals surface area contributed by atoms with Crippen LogP contribution in [0.3, 0.4) is 0 Å². The molecule has 24 heavy (non-hydrogen) atoms. The van der Waals surface area contributed by atoms with Crippen molar-refractivity contribution in [3.05, 3.63) is 43.9 Å². The van der Waals surface area contributed by atoms with E-state index in [1.807, 2.05) is 38.3 Å². The maximum absolute atomic E-state index is 11.7. The van der Waals surface area contributed by atoms with Crippen molar-refractivity contribution in [1.82, 2.24) is 9.88 Å². The number of nitrogens with zero attached hydrogens (tertiary/aromatic N) is 2. The summed E-state index contributed by atoms with van der Waals surface area (Å²) in [6.45, 7) is 7.88. The number of thiophene rings is 1. The average Bonchev–Trinajstić information content (AvgIpc) is 3.07. The highest BCUT2D eigenvalue weighted by atomic mass is 32.2. The predicted octanol–water partition coefficient (Wildman–Crippen LogP) is 3.97. The van der Waals surface area contributed by atoms with E-state index in [2.05, 4.69) is 11.4 Å². The molecule has 0 aromatic carbocycles. The third kappa shape index (κ3) is 2.58. The van der Waals surface area contributed by atoms with E-state index in [9.17, 15) is 14.9 Å². The van der Waals surface area contributed by atoms with Gasteiger partial charge in [0.15, 0.2) is 0 Å². The number of aryl methyl sites for hydroxylation is 2. The summed E-state index contributed by atoms with van der Waals surface area (Å²) in [6.07, 6.45) is 1.73. The second kappa shape index (κ2) is 5.96. The molecule has 0 atom stereocenters. The molecular weight excluding hydrogens is 342 g/mol. The van der Waals surface area contributed by atoms with Gasteiger partial charge in [-0.05, 0) is 62.7 Å². The average molecular weight is 357 g/mol. The Morgan fingerprint density at radius 3 is 2.54 bits per heavy atom. The number of hydrogen-bond acceptors (Lipinski definition) is 5. The van der Waals surface area contributed by atoms with Gasteiger partial charge in [-0.15, -0.1) is 11.3 Å². The summed E-state index contributed by atoms with van der Waals surface area (Å²) in [5.74, 6) is -0.365. The Kier molecular flexibility index (Phi) is 4.11. The van der Waals surface area contributed by atoms with Gasteiger partial charge in [0.2, 0.25) is 0 Å². The van der Waals surface area contributed by atoms with Crippen molar-refractivity contribution in [1.29, 1.82) is 5.26 Å². The van der Waals surface area contributed by atoms with Crippen LogP contribution in [0.1, 0.15) is 33.0 Å². The monoisotopic (exact) mass is 357 g/mol. The van der Waals surface area contributed by atoms with Crippen molar-refractivity contribution in [3.63, 3.8) is 0 Å². The number of imide groups is 1. The van der Waals surface area contributed by atoms with Crippen LogP contribution in [0.25, 0.3) is 11.1 Å². The van der Waals surface area contributed by atoms with Crippen molar-refractivity contribution in [3.8, 4) is 11.1 Å². The number of thioether (sulfide) groups is 1. The highest BCUT2D eigenvalue weighted by Gasteiger charge is 2.26. The summed E-state index contributed by atoms with van der Waals surface area (Å²) in [4.78, 5) is 24.6. The van der Waals surface area contributed by atoms with Crippen LogP contribution in [-0.2, 0) is 4.79 Å². The second-order valence-corrected chi connectivity index (χ2v) is 7.81. The van der Waals surface area contributed by atoms with Gasteiger partial charge in [-0.1, -0.05) is 0 Å². The number of carbonyl (C=O) groups is 2. The van der Waals surface area contributed by atoms with E-state index >= 15 is 0 Å². The zero-order valence-electron chi connectivity index (χ0n) is 13.7. The van der Waals surface area contributed by atoms with Gasteiger partial charge in [0, 0.05) is 16.3 Å². The molecule has 2 aromatic rings. The third-order valence-corrected chi connectivity index (χ3v) is 6.08. The van der Waals surface area contributed by atoms with Crippen LogP contribution in [0.5, 0.6) is 0 Å². The molecule has 3 heterocycles. The van der Waals surface area contributed by atoms with Crippen LogP contribution in [0.2, 0.25) is 0 Å². The van der Waals surface area contributed by atoms with E-state index in [0.29, 0.717) is 10.5 Å². The first kappa shape index (κ1) is 16.6. The highest BCUT2D eigenvalue weighted by molar-refractivity contribution is 8.18. The molecule has 7 heteroatoms. The Hall–Kier alpha value is -2.30.